The number of nitrogens with one attached hydrogen (secondary N) is 1. The van der Waals surface area contributed by atoms with Gasteiger partial charge in [0.15, 0.2) is 11.0 Å². The van der Waals surface area contributed by atoms with Gasteiger partial charge in [-0.05, 0) is 61.0 Å². The van der Waals surface area contributed by atoms with Crippen molar-refractivity contribution in [2.24, 2.45) is 0 Å². The molecule has 0 aliphatic carbocycles. The van der Waals surface area contributed by atoms with Crippen molar-refractivity contribution in [1.82, 2.24) is 20.1 Å². The topological polar surface area (TPSA) is 69.0 Å². The van der Waals surface area contributed by atoms with Crippen LogP contribution in [0.3, 0.4) is 0 Å². The first-order valence-electron chi connectivity index (χ1n) is 10.4. The first-order valence-corrected chi connectivity index (χ1v) is 11.3. The van der Waals surface area contributed by atoms with Crippen molar-refractivity contribution in [3.05, 3.63) is 90.2 Å². The van der Waals surface area contributed by atoms with Crippen LogP contribution in [0.5, 0.6) is 5.75 Å². The molecule has 1 heterocycles. The van der Waals surface area contributed by atoms with E-state index in [2.05, 4.69) is 15.5 Å². The first kappa shape index (κ1) is 22.5. The largest absolute Gasteiger partial charge is 0.497 e. The Hall–Kier alpha value is -3.65. The van der Waals surface area contributed by atoms with Gasteiger partial charge in [-0.15, -0.1) is 10.2 Å². The van der Waals surface area contributed by atoms with Crippen molar-refractivity contribution in [3.63, 3.8) is 0 Å². The van der Waals surface area contributed by atoms with E-state index in [4.69, 9.17) is 4.74 Å². The van der Waals surface area contributed by atoms with E-state index in [1.165, 1.54) is 23.9 Å². The Labute approximate surface area is 195 Å². The number of carbonyl (C=O) groups excluding carboxylic acids is 1. The number of aromatic nitrogens is 3. The Balaban J connectivity index is 1.55. The van der Waals surface area contributed by atoms with Crippen molar-refractivity contribution in [2.45, 2.75) is 23.9 Å². The molecule has 0 radical (unpaired) electrons. The third-order valence-electron chi connectivity index (χ3n) is 5.03. The first-order chi connectivity index (χ1) is 16.0. The minimum atomic E-state index is -0.416. The van der Waals surface area contributed by atoms with Gasteiger partial charge in [0.05, 0.1) is 12.4 Å². The number of rotatable bonds is 8. The summed E-state index contributed by atoms with van der Waals surface area (Å²) in [6.07, 6.45) is 0. The summed E-state index contributed by atoms with van der Waals surface area (Å²) >= 11 is 1.33. The molecule has 3 aromatic carbocycles. The maximum Gasteiger partial charge on any atom is 0.233 e. The second kappa shape index (κ2) is 10.3. The molecule has 4 aromatic rings. The number of para-hydroxylation sites is 1. The predicted octanol–water partition coefficient (Wildman–Crippen LogP) is 4.88. The summed E-state index contributed by atoms with van der Waals surface area (Å²) < 4.78 is 20.3. The van der Waals surface area contributed by atoms with Crippen LogP contribution < -0.4 is 10.1 Å². The monoisotopic (exact) mass is 462 g/mol. The van der Waals surface area contributed by atoms with Crippen LogP contribution in [0, 0.1) is 5.82 Å². The van der Waals surface area contributed by atoms with E-state index in [1.807, 2.05) is 66.1 Å². The van der Waals surface area contributed by atoms with Crippen molar-refractivity contribution >= 4 is 17.7 Å². The second-order valence-corrected chi connectivity index (χ2v) is 8.62. The molecule has 1 N–H and O–H groups in total. The second-order valence-electron chi connectivity index (χ2n) is 7.31. The van der Waals surface area contributed by atoms with Gasteiger partial charge in [-0.3, -0.25) is 9.36 Å². The van der Waals surface area contributed by atoms with Crippen molar-refractivity contribution < 1.29 is 13.9 Å². The number of methoxy groups -OCH3 is 1. The maximum absolute atomic E-state index is 13.1. The third kappa shape index (κ3) is 5.40. The molecule has 0 fully saturated rings. The van der Waals surface area contributed by atoms with Gasteiger partial charge in [0.1, 0.15) is 11.6 Å². The van der Waals surface area contributed by atoms with Crippen LogP contribution in [0.15, 0.2) is 84.0 Å². The van der Waals surface area contributed by atoms with E-state index < -0.39 is 5.25 Å². The summed E-state index contributed by atoms with van der Waals surface area (Å²) in [5, 5.41) is 11.9. The van der Waals surface area contributed by atoms with E-state index in [1.54, 1.807) is 19.2 Å². The summed E-state index contributed by atoms with van der Waals surface area (Å²) in [4.78, 5) is 12.7. The normalized spacial score (nSPS) is 11.7. The molecule has 6 nitrogen and oxygen atoms in total. The summed E-state index contributed by atoms with van der Waals surface area (Å²) in [5.74, 6) is 0.982. The Morgan fingerprint density at radius 1 is 1.03 bits per heavy atom. The van der Waals surface area contributed by atoms with Gasteiger partial charge in [0, 0.05) is 17.8 Å². The van der Waals surface area contributed by atoms with Crippen molar-refractivity contribution in [3.8, 4) is 22.8 Å². The number of thioether (sulfide) groups is 1. The lowest BCUT2D eigenvalue weighted by Gasteiger charge is -2.14. The van der Waals surface area contributed by atoms with E-state index in [0.29, 0.717) is 17.5 Å². The lowest BCUT2D eigenvalue weighted by Crippen LogP contribution is -2.30. The number of nitrogens with zero attached hydrogens (tertiary/aromatic N) is 3. The standard InChI is InChI=1S/C25H23FN4O2S/c1-17(24(31)27-16-18-8-12-20(26)13-9-18)33-25-29-28-23(19-10-14-22(32-2)15-11-19)30(25)21-6-4-3-5-7-21/h3-15,17H,16H2,1-2H3,(H,27,31). The highest BCUT2D eigenvalue weighted by Gasteiger charge is 2.21. The van der Waals surface area contributed by atoms with Crippen LogP contribution in [-0.2, 0) is 11.3 Å². The summed E-state index contributed by atoms with van der Waals surface area (Å²) in [5.41, 5.74) is 2.61. The zero-order valence-corrected chi connectivity index (χ0v) is 19.1. The van der Waals surface area contributed by atoms with Gasteiger partial charge < -0.3 is 10.1 Å². The fraction of sp³-hybridized carbons (Fsp3) is 0.160. The molecule has 1 unspecified atom stereocenters. The molecule has 0 saturated heterocycles. The van der Waals surface area contributed by atoms with Crippen LogP contribution >= 0.6 is 11.8 Å². The van der Waals surface area contributed by atoms with E-state index in [-0.39, 0.29) is 11.7 Å². The molecule has 0 bridgehead atoms. The maximum atomic E-state index is 13.1. The number of ether oxygens (including phenoxy) is 1. The number of hydrogen-bond acceptors (Lipinski definition) is 5. The van der Waals surface area contributed by atoms with Crippen LogP contribution in [0.4, 0.5) is 4.39 Å². The number of halogens is 1. The minimum Gasteiger partial charge on any atom is -0.497 e. The lowest BCUT2D eigenvalue weighted by molar-refractivity contribution is -0.120. The van der Waals surface area contributed by atoms with Gasteiger partial charge >= 0.3 is 0 Å². The highest BCUT2D eigenvalue weighted by Crippen LogP contribution is 2.31. The van der Waals surface area contributed by atoms with Crippen LogP contribution in [0.2, 0.25) is 0 Å². The average Bonchev–Trinajstić information content (AvgIpc) is 3.27. The van der Waals surface area contributed by atoms with Gasteiger partial charge in [0.2, 0.25) is 5.91 Å². The molecule has 0 aliphatic rings. The number of hydrogen-bond donors (Lipinski definition) is 1. The number of carbonyl (C=O) groups is 1. The Bertz CT molecular complexity index is 1210. The van der Waals surface area contributed by atoms with Crippen molar-refractivity contribution in [2.75, 3.05) is 7.11 Å². The fourth-order valence-corrected chi connectivity index (χ4v) is 4.12. The summed E-state index contributed by atoms with van der Waals surface area (Å²) in [6.45, 7) is 2.15. The molecule has 168 valence electrons. The molecule has 0 aliphatic heterocycles. The zero-order valence-electron chi connectivity index (χ0n) is 18.2. The minimum absolute atomic E-state index is 0.141. The molecule has 1 aromatic heterocycles. The molecule has 33 heavy (non-hydrogen) atoms. The van der Waals surface area contributed by atoms with Crippen molar-refractivity contribution in [1.29, 1.82) is 0 Å². The molecule has 1 amide bonds. The molecule has 0 saturated carbocycles. The number of amides is 1. The highest BCUT2D eigenvalue weighted by molar-refractivity contribution is 8.00. The molecule has 1 atom stereocenters. The van der Waals surface area contributed by atoms with Gasteiger partial charge in [-0.2, -0.15) is 0 Å². The Morgan fingerprint density at radius 3 is 2.39 bits per heavy atom. The predicted molar refractivity (Wildman–Crippen MR) is 127 cm³/mol. The third-order valence-corrected chi connectivity index (χ3v) is 6.07. The quantitative estimate of drug-likeness (QED) is 0.378. The van der Waals surface area contributed by atoms with E-state index in [9.17, 15) is 9.18 Å². The van der Waals surface area contributed by atoms with Gasteiger partial charge in [-0.25, -0.2) is 4.39 Å². The van der Waals surface area contributed by atoms with E-state index in [0.717, 1.165) is 22.6 Å². The van der Waals surface area contributed by atoms with Gasteiger partial charge in [0.25, 0.3) is 0 Å². The fourth-order valence-electron chi connectivity index (χ4n) is 3.23. The molecule has 0 spiro atoms. The lowest BCUT2D eigenvalue weighted by atomic mass is 10.2. The van der Waals surface area contributed by atoms with Crippen LogP contribution in [-0.4, -0.2) is 33.0 Å². The Morgan fingerprint density at radius 2 is 1.73 bits per heavy atom. The SMILES string of the molecule is COc1ccc(-c2nnc(SC(C)C(=O)NCc3ccc(F)cc3)n2-c2ccccc2)cc1. The van der Waals surface area contributed by atoms with Crippen LogP contribution in [0.1, 0.15) is 12.5 Å². The van der Waals surface area contributed by atoms with E-state index >= 15 is 0 Å². The number of benzene rings is 3. The molecular formula is C25H23FN4O2S. The molecule has 8 heteroatoms. The van der Waals surface area contributed by atoms with Crippen LogP contribution in [0.25, 0.3) is 17.1 Å². The Kier molecular flexibility index (Phi) is 7.04. The smallest absolute Gasteiger partial charge is 0.233 e. The highest BCUT2D eigenvalue weighted by atomic mass is 32.2. The zero-order chi connectivity index (χ0) is 23.2. The molecule has 4 rings (SSSR count). The summed E-state index contributed by atoms with van der Waals surface area (Å²) in [6, 6.07) is 23.4. The molecular weight excluding hydrogens is 439 g/mol. The average molecular weight is 463 g/mol. The van der Waals surface area contributed by atoms with Gasteiger partial charge in [-0.1, -0.05) is 42.1 Å². The summed E-state index contributed by atoms with van der Waals surface area (Å²) in [7, 11) is 1.62.